The van der Waals surface area contributed by atoms with E-state index in [-0.39, 0.29) is 10.1 Å². The molecule has 2 rings (SSSR count). The fourth-order valence-corrected chi connectivity index (χ4v) is 4.06. The van der Waals surface area contributed by atoms with E-state index in [1.807, 2.05) is 0 Å². The third-order valence-corrected chi connectivity index (χ3v) is 5.08. The van der Waals surface area contributed by atoms with Gasteiger partial charge in [0, 0.05) is 0 Å². The van der Waals surface area contributed by atoms with Gasteiger partial charge < -0.3 is 15.0 Å². The number of amides is 1. The fourth-order valence-electron chi connectivity index (χ4n) is 1.59. The molecule has 1 fully saturated rings. The number of aromatic hydroxyl groups is 1. The number of thioether (sulfide) groups is 1. The lowest BCUT2D eigenvalue weighted by atomic mass is 10.2. The summed E-state index contributed by atoms with van der Waals surface area (Å²) in [6.45, 7) is -0.565. The summed E-state index contributed by atoms with van der Waals surface area (Å²) < 4.78 is 1.11. The topological polar surface area (TPSA) is 80.7 Å². The van der Waals surface area contributed by atoms with E-state index in [1.54, 1.807) is 18.2 Å². The molecule has 1 heterocycles. The third kappa shape index (κ3) is 3.65. The molecule has 0 spiro atoms. The number of phenols is 1. The molecular formula is C12H6Br2NO4S2-. The van der Waals surface area contributed by atoms with Crippen LogP contribution >= 0.6 is 55.8 Å². The summed E-state index contributed by atoms with van der Waals surface area (Å²) in [6, 6.07) is 3.26. The Hall–Kier alpha value is -0.900. The Labute approximate surface area is 146 Å². The predicted molar refractivity (Wildman–Crippen MR) is 88.4 cm³/mol. The number of rotatable bonds is 3. The molecule has 1 saturated heterocycles. The Balaban J connectivity index is 2.33. The summed E-state index contributed by atoms with van der Waals surface area (Å²) in [5, 5.41) is 20.2. The van der Waals surface area contributed by atoms with Crippen molar-refractivity contribution in [3.05, 3.63) is 31.5 Å². The maximum absolute atomic E-state index is 12.1. The van der Waals surface area contributed by atoms with E-state index in [1.165, 1.54) is 0 Å². The van der Waals surface area contributed by atoms with Crippen molar-refractivity contribution in [3.8, 4) is 5.75 Å². The normalized spacial score (nSPS) is 16.9. The molecule has 0 unspecified atom stereocenters. The van der Waals surface area contributed by atoms with Crippen molar-refractivity contribution in [1.82, 2.24) is 4.90 Å². The molecule has 0 aliphatic carbocycles. The van der Waals surface area contributed by atoms with Gasteiger partial charge in [-0.1, -0.05) is 24.0 Å². The quantitative estimate of drug-likeness (QED) is 0.558. The van der Waals surface area contributed by atoms with Crippen molar-refractivity contribution in [3.63, 3.8) is 0 Å². The number of nitrogens with zero attached hydrogens (tertiary/aromatic N) is 1. The molecule has 9 heteroatoms. The molecule has 0 radical (unpaired) electrons. The molecule has 1 amide bonds. The zero-order chi connectivity index (χ0) is 15.7. The molecule has 0 aromatic heterocycles. The third-order valence-electron chi connectivity index (χ3n) is 2.50. The SMILES string of the molecule is O=C([O-])CN1C(=O)/C(=C\c2cc(Br)c(O)c(Br)c2)SC1=S. The van der Waals surface area contributed by atoms with Gasteiger partial charge in [0.2, 0.25) is 0 Å². The molecule has 110 valence electrons. The molecule has 1 aliphatic heterocycles. The second-order valence-corrected chi connectivity index (χ2v) is 7.36. The average Bonchev–Trinajstić information content (AvgIpc) is 2.63. The van der Waals surface area contributed by atoms with Gasteiger partial charge in [-0.05, 0) is 55.6 Å². The van der Waals surface area contributed by atoms with Gasteiger partial charge in [0.15, 0.2) is 0 Å². The minimum atomic E-state index is -1.37. The highest BCUT2D eigenvalue weighted by atomic mass is 79.9. The minimum Gasteiger partial charge on any atom is -0.548 e. The van der Waals surface area contributed by atoms with Crippen LogP contribution in [0, 0.1) is 0 Å². The number of carbonyl (C=O) groups is 2. The van der Waals surface area contributed by atoms with Crippen molar-refractivity contribution in [2.75, 3.05) is 6.54 Å². The number of carboxylic acids is 1. The highest BCUT2D eigenvalue weighted by Crippen LogP contribution is 2.36. The standard InChI is InChI=1S/C12H7Br2NO4S2/c13-6-1-5(2-7(14)10(6)18)3-8-11(19)15(4-9(16)17)12(20)21-8/h1-3,18H,4H2,(H,16,17)/p-1/b8-3+. The number of phenolic OH excluding ortho intramolecular Hbond substituents is 1. The number of carboxylic acid groups (broad SMARTS) is 1. The maximum atomic E-state index is 12.1. The van der Waals surface area contributed by atoms with Crippen LogP contribution in [-0.4, -0.2) is 32.7 Å². The van der Waals surface area contributed by atoms with E-state index in [0.717, 1.165) is 16.7 Å². The number of benzene rings is 1. The van der Waals surface area contributed by atoms with Crippen LogP contribution in [-0.2, 0) is 9.59 Å². The molecular weight excluding hydrogens is 446 g/mol. The summed E-state index contributed by atoms with van der Waals surface area (Å²) in [5.41, 5.74) is 0.653. The highest BCUT2D eigenvalue weighted by Gasteiger charge is 2.31. The Morgan fingerprint density at radius 3 is 2.52 bits per heavy atom. The number of carbonyl (C=O) groups excluding carboxylic acids is 2. The van der Waals surface area contributed by atoms with Crippen LogP contribution in [0.5, 0.6) is 5.75 Å². The van der Waals surface area contributed by atoms with Crippen molar-refractivity contribution in [2.45, 2.75) is 0 Å². The second kappa shape index (κ2) is 6.47. The summed E-state index contributed by atoms with van der Waals surface area (Å²) in [6.07, 6.45) is 1.57. The van der Waals surface area contributed by atoms with Gasteiger partial charge in [-0.3, -0.25) is 9.69 Å². The zero-order valence-corrected chi connectivity index (χ0v) is 14.9. The minimum absolute atomic E-state index is 0.0525. The lowest BCUT2D eigenvalue weighted by molar-refractivity contribution is -0.305. The molecule has 5 nitrogen and oxygen atoms in total. The van der Waals surface area contributed by atoms with E-state index in [9.17, 15) is 19.8 Å². The smallest absolute Gasteiger partial charge is 0.266 e. The fraction of sp³-hybridized carbons (Fsp3) is 0.0833. The Morgan fingerprint density at radius 2 is 2.00 bits per heavy atom. The first-order chi connectivity index (χ1) is 9.79. The number of thiocarbonyl (C=S) groups is 1. The van der Waals surface area contributed by atoms with Crippen molar-refractivity contribution < 1.29 is 19.8 Å². The van der Waals surface area contributed by atoms with Crippen LogP contribution in [0.4, 0.5) is 0 Å². The molecule has 1 N–H and O–H groups in total. The molecule has 1 aromatic rings. The van der Waals surface area contributed by atoms with Crippen LogP contribution in [0.1, 0.15) is 5.56 Å². The summed E-state index contributed by atoms with van der Waals surface area (Å²) in [4.78, 5) is 24.0. The average molecular weight is 452 g/mol. The van der Waals surface area contributed by atoms with Crippen LogP contribution in [0.3, 0.4) is 0 Å². The Bertz CT molecular complexity index is 667. The van der Waals surface area contributed by atoms with Crippen LogP contribution < -0.4 is 5.11 Å². The van der Waals surface area contributed by atoms with Gasteiger partial charge in [-0.25, -0.2) is 0 Å². The first-order valence-electron chi connectivity index (χ1n) is 5.43. The highest BCUT2D eigenvalue weighted by molar-refractivity contribution is 9.11. The van der Waals surface area contributed by atoms with Crippen molar-refractivity contribution in [1.29, 1.82) is 0 Å². The number of halogens is 2. The first kappa shape index (κ1) is 16.5. The summed E-state index contributed by atoms with van der Waals surface area (Å²) >= 11 is 12.4. The van der Waals surface area contributed by atoms with E-state index >= 15 is 0 Å². The monoisotopic (exact) mass is 450 g/mol. The predicted octanol–water partition coefficient (Wildman–Crippen LogP) is 1.87. The maximum Gasteiger partial charge on any atom is 0.266 e. The first-order valence-corrected chi connectivity index (χ1v) is 8.24. The van der Waals surface area contributed by atoms with Crippen LogP contribution in [0.2, 0.25) is 0 Å². The van der Waals surface area contributed by atoms with Gasteiger partial charge in [0.05, 0.1) is 26.4 Å². The molecule has 0 saturated carbocycles. The Kier molecular flexibility index (Phi) is 5.07. The van der Waals surface area contributed by atoms with Gasteiger partial charge >= 0.3 is 0 Å². The van der Waals surface area contributed by atoms with Crippen molar-refractivity contribution in [2.24, 2.45) is 0 Å². The van der Waals surface area contributed by atoms with Gasteiger partial charge in [-0.2, -0.15) is 0 Å². The van der Waals surface area contributed by atoms with E-state index in [4.69, 9.17) is 12.2 Å². The molecule has 0 bridgehead atoms. The molecule has 1 aromatic carbocycles. The lowest BCUT2D eigenvalue weighted by Crippen LogP contribution is -2.40. The van der Waals surface area contributed by atoms with E-state index < -0.39 is 18.4 Å². The van der Waals surface area contributed by atoms with E-state index in [2.05, 4.69) is 31.9 Å². The van der Waals surface area contributed by atoms with Crippen LogP contribution in [0.25, 0.3) is 6.08 Å². The van der Waals surface area contributed by atoms with Gasteiger partial charge in [-0.15, -0.1) is 0 Å². The van der Waals surface area contributed by atoms with E-state index in [0.29, 0.717) is 19.4 Å². The van der Waals surface area contributed by atoms with Gasteiger partial charge in [0.25, 0.3) is 5.91 Å². The second-order valence-electron chi connectivity index (χ2n) is 3.97. The van der Waals surface area contributed by atoms with Crippen LogP contribution in [0.15, 0.2) is 26.0 Å². The van der Waals surface area contributed by atoms with Gasteiger partial charge in [0.1, 0.15) is 10.1 Å². The summed E-state index contributed by atoms with van der Waals surface area (Å²) in [7, 11) is 0. The number of aliphatic carboxylic acids is 1. The largest absolute Gasteiger partial charge is 0.548 e. The summed E-state index contributed by atoms with van der Waals surface area (Å²) in [5.74, 6) is -1.80. The lowest BCUT2D eigenvalue weighted by Gasteiger charge is -2.14. The Morgan fingerprint density at radius 1 is 1.43 bits per heavy atom. The molecule has 0 atom stereocenters. The van der Waals surface area contributed by atoms with Crippen molar-refractivity contribution >= 4 is 78.1 Å². The number of hydrogen-bond donors (Lipinski definition) is 1. The zero-order valence-electron chi connectivity index (χ0n) is 10.1. The number of hydrogen-bond acceptors (Lipinski definition) is 6. The molecule has 1 aliphatic rings. The molecule has 21 heavy (non-hydrogen) atoms.